The number of carbonyl (C=O) groups is 2. The van der Waals surface area contributed by atoms with Crippen LogP contribution in [0.1, 0.15) is 34.5 Å². The number of ether oxygens (including phenoxy) is 2. The molecule has 0 saturated heterocycles. The lowest BCUT2D eigenvalue weighted by molar-refractivity contribution is -0.136. The molecular formula is C24H20N2O5S. The normalized spacial score (nSPS) is 15.7. The van der Waals surface area contributed by atoms with Crippen LogP contribution in [0, 0.1) is 0 Å². The Kier molecular flexibility index (Phi) is 5.87. The molecule has 0 saturated carbocycles. The van der Waals surface area contributed by atoms with Crippen LogP contribution < -0.4 is 14.9 Å². The van der Waals surface area contributed by atoms with Crippen LogP contribution in [0.5, 0.6) is 0 Å². The second-order valence-corrected chi connectivity index (χ2v) is 8.11. The molecule has 1 atom stereocenters. The van der Waals surface area contributed by atoms with Crippen molar-refractivity contribution in [3.63, 3.8) is 0 Å². The van der Waals surface area contributed by atoms with E-state index >= 15 is 0 Å². The second-order valence-electron chi connectivity index (χ2n) is 7.10. The first-order chi connectivity index (χ1) is 15.4. The van der Waals surface area contributed by atoms with Gasteiger partial charge >= 0.3 is 11.9 Å². The summed E-state index contributed by atoms with van der Waals surface area (Å²) in [5.41, 5.74) is 2.56. The first-order valence-electron chi connectivity index (χ1n) is 9.78. The molecule has 0 radical (unpaired) electrons. The molecule has 0 spiro atoms. The molecule has 1 aromatic heterocycles. The van der Waals surface area contributed by atoms with Gasteiger partial charge in [-0.25, -0.2) is 14.6 Å². The Morgan fingerprint density at radius 1 is 1.00 bits per heavy atom. The Hall–Kier alpha value is -3.78. The standard InChI is InChI=1S/C24H20N2O5S/c1-14-19(23(29)31-3)20(16-7-5-4-6-8-16)26-21(27)18(32-24(26)25-14)13-15-9-11-17(12-10-15)22(28)30-2/h4-13,20H,1-3H3/b18-13-. The molecule has 0 amide bonds. The average molecular weight is 449 g/mol. The number of carbonyl (C=O) groups excluding carboxylic acids is 2. The minimum atomic E-state index is -0.635. The molecule has 2 aromatic carbocycles. The Morgan fingerprint density at radius 3 is 2.28 bits per heavy atom. The van der Waals surface area contributed by atoms with Crippen molar-refractivity contribution in [1.29, 1.82) is 0 Å². The summed E-state index contributed by atoms with van der Waals surface area (Å²) in [6.07, 6.45) is 1.74. The van der Waals surface area contributed by atoms with Gasteiger partial charge in [-0.3, -0.25) is 9.36 Å². The van der Waals surface area contributed by atoms with Crippen LogP contribution in [0.4, 0.5) is 0 Å². The molecule has 0 N–H and O–H groups in total. The highest BCUT2D eigenvalue weighted by atomic mass is 32.1. The molecule has 7 nitrogen and oxygen atoms in total. The predicted octanol–water partition coefficient (Wildman–Crippen LogP) is 2.19. The molecule has 32 heavy (non-hydrogen) atoms. The SMILES string of the molecule is COC(=O)C1=C(C)N=c2s/c(=C\c3ccc(C(=O)OC)cc3)c(=O)n2C1c1ccccc1. The fourth-order valence-corrected chi connectivity index (χ4v) is 4.67. The molecule has 0 bridgehead atoms. The van der Waals surface area contributed by atoms with Crippen molar-refractivity contribution in [2.24, 2.45) is 4.99 Å². The quantitative estimate of drug-likeness (QED) is 0.571. The summed E-state index contributed by atoms with van der Waals surface area (Å²) in [7, 11) is 2.64. The van der Waals surface area contributed by atoms with Crippen molar-refractivity contribution in [1.82, 2.24) is 4.57 Å². The van der Waals surface area contributed by atoms with Crippen LogP contribution in [0.3, 0.4) is 0 Å². The first-order valence-corrected chi connectivity index (χ1v) is 10.6. The van der Waals surface area contributed by atoms with E-state index in [1.165, 1.54) is 30.1 Å². The highest BCUT2D eigenvalue weighted by Gasteiger charge is 2.32. The van der Waals surface area contributed by atoms with Crippen LogP contribution in [0.2, 0.25) is 0 Å². The van der Waals surface area contributed by atoms with E-state index in [4.69, 9.17) is 9.47 Å². The van der Waals surface area contributed by atoms with Gasteiger partial charge < -0.3 is 9.47 Å². The molecule has 1 aliphatic heterocycles. The smallest absolute Gasteiger partial charge is 0.338 e. The Bertz CT molecular complexity index is 1400. The van der Waals surface area contributed by atoms with Crippen LogP contribution >= 0.6 is 11.3 Å². The maximum Gasteiger partial charge on any atom is 0.338 e. The van der Waals surface area contributed by atoms with E-state index in [2.05, 4.69) is 4.99 Å². The number of hydrogen-bond acceptors (Lipinski definition) is 7. The molecule has 2 heterocycles. The van der Waals surface area contributed by atoms with Crippen LogP contribution in [-0.2, 0) is 14.3 Å². The average Bonchev–Trinajstić information content (AvgIpc) is 3.12. The van der Waals surface area contributed by atoms with E-state index in [1.807, 2.05) is 30.3 Å². The number of methoxy groups -OCH3 is 2. The Balaban J connectivity index is 1.88. The van der Waals surface area contributed by atoms with Gasteiger partial charge in [0.05, 0.1) is 41.6 Å². The lowest BCUT2D eigenvalue weighted by Crippen LogP contribution is -2.39. The van der Waals surface area contributed by atoms with Gasteiger partial charge in [0.2, 0.25) is 0 Å². The van der Waals surface area contributed by atoms with Gasteiger partial charge in [-0.05, 0) is 36.3 Å². The van der Waals surface area contributed by atoms with Crippen molar-refractivity contribution in [2.75, 3.05) is 14.2 Å². The Labute approximate surface area is 187 Å². The largest absolute Gasteiger partial charge is 0.466 e. The summed E-state index contributed by atoms with van der Waals surface area (Å²) in [5, 5.41) is 0. The van der Waals surface area contributed by atoms with Crippen LogP contribution in [-0.4, -0.2) is 30.7 Å². The van der Waals surface area contributed by atoms with Crippen molar-refractivity contribution in [2.45, 2.75) is 13.0 Å². The zero-order valence-electron chi connectivity index (χ0n) is 17.7. The minimum Gasteiger partial charge on any atom is -0.466 e. The third-order valence-electron chi connectivity index (χ3n) is 5.17. The van der Waals surface area contributed by atoms with Crippen molar-refractivity contribution in [3.8, 4) is 0 Å². The minimum absolute atomic E-state index is 0.256. The van der Waals surface area contributed by atoms with Gasteiger partial charge in [0, 0.05) is 0 Å². The summed E-state index contributed by atoms with van der Waals surface area (Å²) in [4.78, 5) is 42.7. The van der Waals surface area contributed by atoms with Crippen LogP contribution in [0.25, 0.3) is 6.08 Å². The first kappa shape index (κ1) is 21.5. The van der Waals surface area contributed by atoms with Gasteiger partial charge in [-0.15, -0.1) is 0 Å². The van der Waals surface area contributed by atoms with Crippen molar-refractivity contribution < 1.29 is 19.1 Å². The molecule has 1 aliphatic rings. The number of aromatic nitrogens is 1. The highest BCUT2D eigenvalue weighted by molar-refractivity contribution is 7.07. The molecule has 1 unspecified atom stereocenters. The lowest BCUT2D eigenvalue weighted by atomic mass is 9.96. The van der Waals surface area contributed by atoms with E-state index in [0.29, 0.717) is 26.2 Å². The van der Waals surface area contributed by atoms with Crippen LogP contribution in [0.15, 0.2) is 75.7 Å². The lowest BCUT2D eigenvalue weighted by Gasteiger charge is -2.24. The number of fused-ring (bicyclic) bond motifs is 1. The van der Waals surface area contributed by atoms with E-state index in [0.717, 1.165) is 11.1 Å². The summed E-state index contributed by atoms with van der Waals surface area (Å²) >= 11 is 1.25. The number of thiazole rings is 1. The fraction of sp³-hybridized carbons (Fsp3) is 0.167. The fourth-order valence-electron chi connectivity index (χ4n) is 3.63. The highest BCUT2D eigenvalue weighted by Crippen LogP contribution is 2.30. The van der Waals surface area contributed by atoms with Gasteiger partial charge in [-0.1, -0.05) is 53.8 Å². The number of hydrogen-bond donors (Lipinski definition) is 0. The second kappa shape index (κ2) is 8.76. The molecule has 0 fully saturated rings. The summed E-state index contributed by atoms with van der Waals surface area (Å²) < 4.78 is 11.7. The van der Waals surface area contributed by atoms with E-state index in [-0.39, 0.29) is 5.56 Å². The van der Waals surface area contributed by atoms with Crippen molar-refractivity contribution in [3.05, 3.63) is 102 Å². The molecule has 3 aromatic rings. The molecule has 162 valence electrons. The predicted molar refractivity (Wildman–Crippen MR) is 120 cm³/mol. The molecule has 0 aliphatic carbocycles. The topological polar surface area (TPSA) is 87.0 Å². The van der Waals surface area contributed by atoms with Crippen molar-refractivity contribution >= 4 is 29.4 Å². The number of allylic oxidation sites excluding steroid dienone is 1. The van der Waals surface area contributed by atoms with Gasteiger partial charge in [0.1, 0.15) is 0 Å². The number of benzene rings is 2. The third-order valence-corrected chi connectivity index (χ3v) is 6.15. The third kappa shape index (κ3) is 3.80. The zero-order valence-corrected chi connectivity index (χ0v) is 18.5. The number of nitrogens with zero attached hydrogens (tertiary/aromatic N) is 2. The maximum absolute atomic E-state index is 13.4. The van der Waals surface area contributed by atoms with Gasteiger partial charge in [-0.2, -0.15) is 0 Å². The molecule has 8 heteroatoms. The zero-order chi connectivity index (χ0) is 22.8. The number of esters is 2. The van der Waals surface area contributed by atoms with Gasteiger partial charge in [0.25, 0.3) is 5.56 Å². The van der Waals surface area contributed by atoms with Gasteiger partial charge in [0.15, 0.2) is 4.80 Å². The molecular weight excluding hydrogens is 428 g/mol. The monoisotopic (exact) mass is 448 g/mol. The summed E-state index contributed by atoms with van der Waals surface area (Å²) in [5.74, 6) is -0.947. The maximum atomic E-state index is 13.4. The molecule has 4 rings (SSSR count). The number of rotatable bonds is 4. The Morgan fingerprint density at radius 2 is 1.66 bits per heavy atom. The van der Waals surface area contributed by atoms with E-state index in [1.54, 1.807) is 37.3 Å². The summed E-state index contributed by atoms with van der Waals surface area (Å²) in [6, 6.07) is 15.5. The summed E-state index contributed by atoms with van der Waals surface area (Å²) in [6.45, 7) is 1.74. The van der Waals surface area contributed by atoms with E-state index < -0.39 is 18.0 Å². The van der Waals surface area contributed by atoms with E-state index in [9.17, 15) is 14.4 Å².